The lowest BCUT2D eigenvalue weighted by Crippen LogP contribution is -2.43. The van der Waals surface area contributed by atoms with Crippen LogP contribution in [0.15, 0.2) is 72.9 Å². The number of ether oxygens (including phenoxy) is 1. The van der Waals surface area contributed by atoms with Crippen molar-refractivity contribution in [1.82, 2.24) is 15.8 Å². The first kappa shape index (κ1) is 21.3. The third-order valence-corrected chi connectivity index (χ3v) is 4.45. The third kappa shape index (κ3) is 5.55. The monoisotopic (exact) mass is 420 g/mol. The molecule has 1 aromatic heterocycles. The number of pyridine rings is 1. The molecule has 0 unspecified atom stereocenters. The van der Waals surface area contributed by atoms with Crippen molar-refractivity contribution in [2.24, 2.45) is 0 Å². The molecule has 1 heterocycles. The van der Waals surface area contributed by atoms with E-state index in [4.69, 9.17) is 17.0 Å². The Labute approximate surface area is 181 Å². The van der Waals surface area contributed by atoms with E-state index in [0.29, 0.717) is 17.1 Å². The number of anilines is 1. The van der Waals surface area contributed by atoms with E-state index in [1.165, 1.54) is 0 Å². The van der Waals surface area contributed by atoms with E-state index in [1.807, 2.05) is 30.3 Å². The van der Waals surface area contributed by atoms with Gasteiger partial charge in [0.1, 0.15) is 11.4 Å². The number of amides is 1. The minimum atomic E-state index is -0.290. The van der Waals surface area contributed by atoms with Gasteiger partial charge in [0.25, 0.3) is 5.91 Å². The fraction of sp³-hybridized carbons (Fsp3) is 0.174. The second-order valence-electron chi connectivity index (χ2n) is 7.60. The summed E-state index contributed by atoms with van der Waals surface area (Å²) in [6.07, 6.45) is 1.65. The van der Waals surface area contributed by atoms with Crippen molar-refractivity contribution in [3.63, 3.8) is 0 Å². The Morgan fingerprint density at radius 3 is 2.37 bits per heavy atom. The van der Waals surface area contributed by atoms with Crippen molar-refractivity contribution < 1.29 is 9.53 Å². The minimum Gasteiger partial charge on any atom is -0.437 e. The maximum atomic E-state index is 12.1. The highest BCUT2D eigenvalue weighted by atomic mass is 32.1. The van der Waals surface area contributed by atoms with Crippen molar-refractivity contribution in [1.29, 1.82) is 0 Å². The van der Waals surface area contributed by atoms with Gasteiger partial charge in [-0.2, -0.15) is 0 Å². The summed E-state index contributed by atoms with van der Waals surface area (Å²) < 4.78 is 6.11. The largest absolute Gasteiger partial charge is 0.437 e. The van der Waals surface area contributed by atoms with Crippen molar-refractivity contribution >= 4 is 28.9 Å². The summed E-state index contributed by atoms with van der Waals surface area (Å²) >= 11 is 5.29. The second kappa shape index (κ2) is 9.37. The van der Waals surface area contributed by atoms with E-state index < -0.39 is 0 Å². The number of carbonyl (C=O) groups excluding carboxylic acids is 1. The van der Waals surface area contributed by atoms with Crippen LogP contribution in [-0.4, -0.2) is 16.0 Å². The van der Waals surface area contributed by atoms with Gasteiger partial charge >= 0.3 is 0 Å². The SMILES string of the molecule is CC(C)(C)c1ccccc1Oc1ncccc1NC(=S)NNC(=O)c1ccccc1. The van der Waals surface area contributed by atoms with Gasteiger partial charge in [0, 0.05) is 17.3 Å². The van der Waals surface area contributed by atoms with Crippen LogP contribution in [-0.2, 0) is 5.41 Å². The van der Waals surface area contributed by atoms with Gasteiger partial charge in [-0.3, -0.25) is 15.6 Å². The maximum absolute atomic E-state index is 12.1. The van der Waals surface area contributed by atoms with Gasteiger partial charge in [0.15, 0.2) is 5.11 Å². The van der Waals surface area contributed by atoms with Gasteiger partial charge < -0.3 is 10.1 Å². The summed E-state index contributed by atoms with van der Waals surface area (Å²) in [6.45, 7) is 6.38. The van der Waals surface area contributed by atoms with Gasteiger partial charge in [-0.15, -0.1) is 0 Å². The van der Waals surface area contributed by atoms with E-state index >= 15 is 0 Å². The number of carbonyl (C=O) groups is 1. The van der Waals surface area contributed by atoms with Gasteiger partial charge in [-0.05, 0) is 48.0 Å². The lowest BCUT2D eigenvalue weighted by atomic mass is 9.86. The fourth-order valence-corrected chi connectivity index (χ4v) is 2.94. The molecule has 30 heavy (non-hydrogen) atoms. The van der Waals surface area contributed by atoms with Crippen LogP contribution in [0.4, 0.5) is 5.69 Å². The molecular weight excluding hydrogens is 396 g/mol. The lowest BCUT2D eigenvalue weighted by molar-refractivity contribution is 0.0944. The standard InChI is InChI=1S/C23H24N4O2S/c1-23(2,3)17-12-7-8-14-19(17)29-21-18(13-9-15-24-21)25-22(30)27-26-20(28)16-10-5-4-6-11-16/h4-15H,1-3H3,(H,26,28)(H2,25,27,30). The zero-order valence-corrected chi connectivity index (χ0v) is 17.9. The number of benzene rings is 2. The predicted molar refractivity (Wildman–Crippen MR) is 123 cm³/mol. The van der Waals surface area contributed by atoms with Crippen LogP contribution in [0.1, 0.15) is 36.7 Å². The number of aromatic nitrogens is 1. The maximum Gasteiger partial charge on any atom is 0.269 e. The topological polar surface area (TPSA) is 75.3 Å². The van der Waals surface area contributed by atoms with E-state index in [2.05, 4.69) is 41.9 Å². The van der Waals surface area contributed by atoms with Crippen LogP contribution < -0.4 is 20.9 Å². The molecule has 0 saturated heterocycles. The van der Waals surface area contributed by atoms with Gasteiger partial charge in [-0.1, -0.05) is 57.2 Å². The van der Waals surface area contributed by atoms with Gasteiger partial charge in [-0.25, -0.2) is 4.98 Å². The van der Waals surface area contributed by atoms with Crippen LogP contribution in [0.25, 0.3) is 0 Å². The molecule has 0 radical (unpaired) electrons. The molecule has 0 aliphatic rings. The number of hydrogen-bond acceptors (Lipinski definition) is 4. The molecule has 0 atom stereocenters. The van der Waals surface area contributed by atoms with Crippen molar-refractivity contribution in [2.45, 2.75) is 26.2 Å². The Balaban J connectivity index is 1.69. The van der Waals surface area contributed by atoms with Crippen molar-refractivity contribution in [3.8, 4) is 11.6 Å². The van der Waals surface area contributed by atoms with E-state index in [9.17, 15) is 4.79 Å². The number of nitrogens with zero attached hydrogens (tertiary/aromatic N) is 1. The zero-order chi connectivity index (χ0) is 21.6. The molecule has 1 amide bonds. The van der Waals surface area contributed by atoms with Gasteiger partial charge in [0.2, 0.25) is 5.88 Å². The molecule has 0 fully saturated rings. The second-order valence-corrected chi connectivity index (χ2v) is 8.01. The fourth-order valence-electron chi connectivity index (χ4n) is 2.78. The first-order valence-corrected chi connectivity index (χ1v) is 9.90. The molecule has 0 aliphatic carbocycles. The third-order valence-electron chi connectivity index (χ3n) is 4.25. The average Bonchev–Trinajstić information content (AvgIpc) is 2.74. The van der Waals surface area contributed by atoms with E-state index in [1.54, 1.807) is 42.6 Å². The van der Waals surface area contributed by atoms with Crippen molar-refractivity contribution in [3.05, 3.63) is 84.1 Å². The Morgan fingerprint density at radius 1 is 0.933 bits per heavy atom. The summed E-state index contributed by atoms with van der Waals surface area (Å²) in [5.74, 6) is 0.817. The Kier molecular flexibility index (Phi) is 6.64. The van der Waals surface area contributed by atoms with Gasteiger partial charge in [0.05, 0.1) is 0 Å². The zero-order valence-electron chi connectivity index (χ0n) is 17.1. The highest BCUT2D eigenvalue weighted by molar-refractivity contribution is 7.80. The summed E-state index contributed by atoms with van der Waals surface area (Å²) in [5.41, 5.74) is 7.34. The quantitative estimate of drug-likeness (QED) is 0.416. The number of nitrogens with one attached hydrogen (secondary N) is 3. The minimum absolute atomic E-state index is 0.0858. The number of hydrazine groups is 1. The molecule has 0 saturated carbocycles. The molecule has 3 rings (SSSR count). The summed E-state index contributed by atoms with van der Waals surface area (Å²) in [6, 6.07) is 20.3. The van der Waals surface area contributed by atoms with Crippen molar-refractivity contribution in [2.75, 3.05) is 5.32 Å². The summed E-state index contributed by atoms with van der Waals surface area (Å²) in [5, 5.41) is 3.22. The molecule has 7 heteroatoms. The molecule has 3 N–H and O–H groups in total. The van der Waals surface area contributed by atoms with Crippen LogP contribution in [0.2, 0.25) is 0 Å². The highest BCUT2D eigenvalue weighted by Crippen LogP contribution is 2.35. The van der Waals surface area contributed by atoms with Crippen LogP contribution >= 0.6 is 12.2 Å². The smallest absolute Gasteiger partial charge is 0.269 e. The summed E-state index contributed by atoms with van der Waals surface area (Å²) in [4.78, 5) is 16.5. The molecule has 154 valence electrons. The molecule has 0 spiro atoms. The van der Waals surface area contributed by atoms with Crippen LogP contribution in [0.5, 0.6) is 11.6 Å². The number of thiocarbonyl (C=S) groups is 1. The van der Waals surface area contributed by atoms with E-state index in [0.717, 1.165) is 11.3 Å². The Bertz CT molecular complexity index is 1030. The predicted octanol–water partition coefficient (Wildman–Crippen LogP) is 4.80. The highest BCUT2D eigenvalue weighted by Gasteiger charge is 2.20. The first-order chi connectivity index (χ1) is 14.3. The molecule has 3 aromatic rings. The molecular formula is C23H24N4O2S. The number of rotatable bonds is 4. The summed E-state index contributed by atoms with van der Waals surface area (Å²) in [7, 11) is 0. The number of hydrogen-bond donors (Lipinski definition) is 3. The van der Waals surface area contributed by atoms with Crippen LogP contribution in [0.3, 0.4) is 0 Å². The molecule has 0 aliphatic heterocycles. The Hall–Kier alpha value is -3.45. The first-order valence-electron chi connectivity index (χ1n) is 9.49. The molecule has 2 aromatic carbocycles. The Morgan fingerprint density at radius 2 is 1.63 bits per heavy atom. The van der Waals surface area contributed by atoms with E-state index in [-0.39, 0.29) is 16.4 Å². The van der Waals surface area contributed by atoms with Crippen LogP contribution in [0, 0.1) is 0 Å². The average molecular weight is 421 g/mol. The molecule has 6 nitrogen and oxygen atoms in total. The molecule has 0 bridgehead atoms. The normalized spacial score (nSPS) is 10.8. The lowest BCUT2D eigenvalue weighted by Gasteiger charge is -2.23. The number of para-hydroxylation sites is 1.